The molecule has 0 bridgehead atoms. The van der Waals surface area contributed by atoms with E-state index in [2.05, 4.69) is 200 Å². The highest BCUT2D eigenvalue weighted by Crippen LogP contribution is 2.66. The van der Waals surface area contributed by atoms with E-state index >= 15 is 0 Å². The van der Waals surface area contributed by atoms with E-state index in [4.69, 9.17) is 39.4 Å². The lowest BCUT2D eigenvalue weighted by Crippen LogP contribution is -2.32. The quantitative estimate of drug-likeness (QED) is 0.137. The van der Waals surface area contributed by atoms with Crippen LogP contribution in [0.4, 0.5) is 0 Å². The van der Waals surface area contributed by atoms with Gasteiger partial charge in [0.05, 0.1) is 39.7 Å². The van der Waals surface area contributed by atoms with E-state index in [1.165, 1.54) is 44.5 Å². The van der Waals surface area contributed by atoms with Crippen LogP contribution >= 0.6 is 0 Å². The fraction of sp³-hybridized carbons (Fsp3) is 0.0200. The molecule has 4 heterocycles. The molecule has 2 aromatic heterocycles. The molecule has 2 atom stereocenters. The largest absolute Gasteiger partial charge is 0.456 e. The molecule has 0 radical (unpaired) electrons. The van der Waals surface area contributed by atoms with Crippen molar-refractivity contribution in [2.45, 2.75) is 10.8 Å². The minimum atomic E-state index is -0.688. The van der Waals surface area contributed by atoms with Crippen LogP contribution in [0.1, 0.15) is 55.6 Å². The second-order valence-corrected chi connectivity index (χ2v) is 27.6. The van der Waals surface area contributed by atoms with Gasteiger partial charge in [-0.25, -0.2) is 29.9 Å². The normalized spacial score (nSPS) is 14.6. The predicted molar refractivity (Wildman–Crippen MR) is 433 cm³/mol. The summed E-state index contributed by atoms with van der Waals surface area (Å²) in [7, 11) is 0. The Hall–Kier alpha value is -15.1. The molecule has 2 unspecified atom stereocenters. The molecular formula is C100H60N8O2. The van der Waals surface area contributed by atoms with Crippen molar-refractivity contribution in [2.75, 3.05) is 0 Å². The second kappa shape index (κ2) is 26.5. The molecule has 0 fully saturated rings. The van der Waals surface area contributed by atoms with Crippen molar-refractivity contribution in [3.63, 3.8) is 0 Å². The van der Waals surface area contributed by atoms with Gasteiger partial charge >= 0.3 is 0 Å². The zero-order valence-corrected chi connectivity index (χ0v) is 59.0. The Morgan fingerprint density at radius 2 is 0.464 bits per heavy atom. The van der Waals surface area contributed by atoms with Gasteiger partial charge < -0.3 is 9.47 Å². The van der Waals surface area contributed by atoms with Crippen LogP contribution in [0, 0.1) is 22.7 Å². The lowest BCUT2D eigenvalue weighted by molar-refractivity contribution is 0.437. The van der Waals surface area contributed by atoms with Crippen molar-refractivity contribution in [1.29, 1.82) is 10.5 Å². The van der Waals surface area contributed by atoms with Gasteiger partial charge in [0.15, 0.2) is 34.9 Å². The predicted octanol–water partition coefficient (Wildman–Crippen LogP) is 23.4. The van der Waals surface area contributed by atoms with E-state index < -0.39 is 10.8 Å². The van der Waals surface area contributed by atoms with Crippen LogP contribution < -0.4 is 9.47 Å². The Bertz CT molecular complexity index is 6490. The molecule has 10 heteroatoms. The number of ether oxygens (including phenoxy) is 2. The Morgan fingerprint density at radius 1 is 0.200 bits per heavy atom. The van der Waals surface area contributed by atoms with Gasteiger partial charge in [-0.2, -0.15) is 10.5 Å². The number of rotatable bonds is 9. The minimum Gasteiger partial charge on any atom is -0.456 e. The molecule has 15 aromatic carbocycles. The van der Waals surface area contributed by atoms with Gasteiger partial charge in [-0.1, -0.05) is 322 Å². The monoisotopic (exact) mass is 1400 g/mol. The van der Waals surface area contributed by atoms with Crippen molar-refractivity contribution in [3.8, 4) is 159 Å². The van der Waals surface area contributed by atoms with E-state index in [-0.39, 0.29) is 0 Å². The molecule has 0 saturated heterocycles. The summed E-state index contributed by atoms with van der Waals surface area (Å²) in [5, 5.41) is 19.0. The van der Waals surface area contributed by atoms with Crippen molar-refractivity contribution >= 4 is 0 Å². The van der Waals surface area contributed by atoms with Crippen LogP contribution in [0.3, 0.4) is 0 Å². The number of benzene rings is 15. The lowest BCUT2D eigenvalue weighted by Gasteiger charge is -2.40. The number of nitrogens with zero attached hydrogens (tertiary/aromatic N) is 8. The van der Waals surface area contributed by atoms with Crippen molar-refractivity contribution < 1.29 is 9.47 Å². The van der Waals surface area contributed by atoms with Gasteiger partial charge in [0, 0.05) is 55.6 Å². The summed E-state index contributed by atoms with van der Waals surface area (Å²) < 4.78 is 14.0. The molecule has 17 aromatic rings. The average molecular weight is 1410 g/mol. The van der Waals surface area contributed by atoms with Crippen LogP contribution in [-0.2, 0) is 10.8 Å². The Labute approximate surface area is 635 Å². The molecule has 110 heavy (non-hydrogen) atoms. The summed E-state index contributed by atoms with van der Waals surface area (Å²) in [4.78, 5) is 30.0. The van der Waals surface area contributed by atoms with Crippen molar-refractivity contribution in [3.05, 3.63) is 420 Å². The number of para-hydroxylation sites is 4. The third-order valence-electron chi connectivity index (χ3n) is 21.7. The van der Waals surface area contributed by atoms with Crippen LogP contribution in [0.25, 0.3) is 124 Å². The molecule has 21 rings (SSSR count). The molecule has 2 aliphatic carbocycles. The fourth-order valence-electron chi connectivity index (χ4n) is 16.9. The third-order valence-corrected chi connectivity index (χ3v) is 21.7. The molecule has 4 aliphatic rings. The minimum absolute atomic E-state index is 0.539. The summed E-state index contributed by atoms with van der Waals surface area (Å²) >= 11 is 0. The zero-order valence-electron chi connectivity index (χ0n) is 59.0. The number of nitriles is 2. The number of hydrogen-bond acceptors (Lipinski definition) is 10. The van der Waals surface area contributed by atoms with E-state index in [1.807, 2.05) is 176 Å². The first kappa shape index (κ1) is 64.5. The van der Waals surface area contributed by atoms with Gasteiger partial charge in [-0.3, -0.25) is 0 Å². The Kier molecular flexibility index (Phi) is 15.5. The van der Waals surface area contributed by atoms with Crippen LogP contribution in [0.15, 0.2) is 364 Å². The van der Waals surface area contributed by atoms with Gasteiger partial charge in [0.25, 0.3) is 0 Å². The number of fused-ring (bicyclic) bond motifs is 18. The molecule has 0 N–H and O–H groups in total. The molecule has 0 amide bonds. The molecule has 2 spiro atoms. The van der Waals surface area contributed by atoms with E-state index in [0.29, 0.717) is 46.1 Å². The SMILES string of the molecule is N#Cc1ccc(-c2cccc3c2-c2ccccc2C32c3ccccc3Oc3c(-c4ccc(-c5nc(-c6ccccc6)nc(-c6ccccc6)n5)cc4)cccc32)cc1.N#Cc1ccc(-c2cccc3c2-c2ccccc2C32c3ccccc3Oc3c(-c4nc(-c5ccccc5)nc(-c5ccccc5)n4)cccc32)cc1. The van der Waals surface area contributed by atoms with E-state index in [1.54, 1.807) is 0 Å². The summed E-state index contributed by atoms with van der Waals surface area (Å²) in [6, 6.07) is 129. The maximum absolute atomic E-state index is 9.54. The Balaban J connectivity index is 0.000000145. The van der Waals surface area contributed by atoms with Crippen LogP contribution in [0.2, 0.25) is 0 Å². The highest BCUT2D eigenvalue weighted by atomic mass is 16.5. The van der Waals surface area contributed by atoms with Crippen LogP contribution in [0.5, 0.6) is 23.0 Å². The Morgan fingerprint density at radius 3 is 0.855 bits per heavy atom. The highest BCUT2D eigenvalue weighted by Gasteiger charge is 2.54. The van der Waals surface area contributed by atoms with Crippen molar-refractivity contribution in [1.82, 2.24) is 29.9 Å². The van der Waals surface area contributed by atoms with E-state index in [9.17, 15) is 10.5 Å². The van der Waals surface area contributed by atoms with Gasteiger partial charge in [-0.15, -0.1) is 0 Å². The summed E-state index contributed by atoms with van der Waals surface area (Å²) in [5.74, 6) is 6.76. The number of aromatic nitrogens is 6. The summed E-state index contributed by atoms with van der Waals surface area (Å²) in [6.45, 7) is 0. The molecular weight excluding hydrogens is 1350 g/mol. The molecule has 10 nitrogen and oxygen atoms in total. The third kappa shape index (κ3) is 10.4. The van der Waals surface area contributed by atoms with Gasteiger partial charge in [0.1, 0.15) is 23.0 Å². The molecule has 0 saturated carbocycles. The molecule has 2 aliphatic heterocycles. The first-order chi connectivity index (χ1) is 54.4. The van der Waals surface area contributed by atoms with Gasteiger partial charge in [-0.05, 0) is 115 Å². The highest BCUT2D eigenvalue weighted by molar-refractivity contribution is 5.99. The smallest absolute Gasteiger partial charge is 0.167 e. The first-order valence-electron chi connectivity index (χ1n) is 36.6. The number of hydrogen-bond donors (Lipinski definition) is 0. The first-order valence-corrected chi connectivity index (χ1v) is 36.6. The summed E-state index contributed by atoms with van der Waals surface area (Å²) in [5.41, 5.74) is 25.5. The van der Waals surface area contributed by atoms with E-state index in [0.717, 1.165) is 112 Å². The standard InChI is InChI=1S/C53H32N4O.C47H28N4O/c54-33-34-25-27-35(28-26-34)40-18-11-22-45-48(40)42-17-7-8-20-43(42)53(45)44-21-9-10-24-47(44)58-49-41(19-12-23-46(49)53)36-29-31-39(32-30-36)52-56-50(37-13-3-1-4-14-37)55-51(57-52)38-15-5-2-6-16-38;48-29-30-25-27-31(28-26-30)34-18-11-22-39-42(34)35-17-7-8-20-37(35)47(39)38-21-9-10-24-41(38)52-43-36(19-12-23-40(43)47)46-50-44(32-13-3-1-4-14-32)49-45(51-46)33-15-5-2-6-16-33/h1-32H;1-28H. The summed E-state index contributed by atoms with van der Waals surface area (Å²) in [6.07, 6.45) is 0. The zero-order chi connectivity index (χ0) is 73.3. The van der Waals surface area contributed by atoms with Crippen molar-refractivity contribution in [2.24, 2.45) is 0 Å². The topological polar surface area (TPSA) is 143 Å². The van der Waals surface area contributed by atoms with Crippen LogP contribution in [-0.4, -0.2) is 29.9 Å². The second-order valence-electron chi connectivity index (χ2n) is 27.6. The average Bonchev–Trinajstić information content (AvgIpc) is 1.27. The maximum Gasteiger partial charge on any atom is 0.167 e. The van der Waals surface area contributed by atoms with Gasteiger partial charge in [0.2, 0.25) is 0 Å². The molecule has 512 valence electrons. The maximum atomic E-state index is 9.54. The fourth-order valence-corrected chi connectivity index (χ4v) is 16.9. The lowest BCUT2D eigenvalue weighted by atomic mass is 9.65.